The van der Waals surface area contributed by atoms with Crippen LogP contribution in [-0.4, -0.2) is 61.6 Å². The van der Waals surface area contributed by atoms with Crippen LogP contribution in [0, 0.1) is 0 Å². The first-order chi connectivity index (χ1) is 17.5. The average Bonchev–Trinajstić information content (AvgIpc) is 2.90. The predicted octanol–water partition coefficient (Wildman–Crippen LogP) is 3.49. The number of hydrogen-bond acceptors (Lipinski definition) is 6. The number of ether oxygens (including phenoxy) is 3. The van der Waals surface area contributed by atoms with Crippen LogP contribution in [0.1, 0.15) is 27.0 Å². The highest BCUT2D eigenvalue weighted by molar-refractivity contribution is 5.94. The number of primary amides is 1. The number of benzene rings is 3. The lowest BCUT2D eigenvalue weighted by Gasteiger charge is -2.33. The van der Waals surface area contributed by atoms with Crippen molar-refractivity contribution in [2.45, 2.75) is 25.7 Å². The molecule has 7 heteroatoms. The predicted molar refractivity (Wildman–Crippen MR) is 139 cm³/mol. The van der Waals surface area contributed by atoms with Crippen LogP contribution >= 0.6 is 0 Å². The van der Waals surface area contributed by atoms with Crippen molar-refractivity contribution < 1.29 is 19.0 Å². The number of carbonyl (C=O) groups excluding carboxylic acids is 1. The van der Waals surface area contributed by atoms with Crippen LogP contribution in [0.15, 0.2) is 66.7 Å². The molecule has 0 aromatic heterocycles. The van der Waals surface area contributed by atoms with Crippen molar-refractivity contribution in [1.82, 2.24) is 9.80 Å². The third-order valence-corrected chi connectivity index (χ3v) is 6.84. The minimum Gasteiger partial charge on any atom is -0.489 e. The number of piperazine rings is 1. The van der Waals surface area contributed by atoms with Crippen LogP contribution in [0.25, 0.3) is 0 Å². The third-order valence-electron chi connectivity index (χ3n) is 6.84. The topological polar surface area (TPSA) is 77.3 Å². The van der Waals surface area contributed by atoms with Crippen LogP contribution in [-0.2, 0) is 19.6 Å². The van der Waals surface area contributed by atoms with Crippen molar-refractivity contribution in [2.75, 3.05) is 39.8 Å². The molecule has 0 saturated carbocycles. The molecule has 0 spiro atoms. The second kappa shape index (κ2) is 11.0. The molecule has 36 heavy (non-hydrogen) atoms. The minimum atomic E-state index is -0.418. The van der Waals surface area contributed by atoms with Crippen molar-refractivity contribution in [3.05, 3.63) is 89.0 Å². The summed E-state index contributed by atoms with van der Waals surface area (Å²) in [5, 5.41) is 0. The van der Waals surface area contributed by atoms with Gasteiger partial charge >= 0.3 is 0 Å². The molecular formula is C29H33N3O4. The van der Waals surface area contributed by atoms with E-state index in [1.54, 1.807) is 6.07 Å². The monoisotopic (exact) mass is 487 g/mol. The van der Waals surface area contributed by atoms with Crippen molar-refractivity contribution >= 4 is 5.91 Å². The van der Waals surface area contributed by atoms with E-state index in [9.17, 15) is 4.79 Å². The summed E-state index contributed by atoms with van der Waals surface area (Å²) in [6.45, 7) is 5.74. The van der Waals surface area contributed by atoms with Crippen molar-refractivity contribution in [3.8, 4) is 17.2 Å². The molecule has 7 nitrogen and oxygen atoms in total. The zero-order chi connectivity index (χ0) is 24.9. The lowest BCUT2D eigenvalue weighted by Crippen LogP contribution is -2.44. The van der Waals surface area contributed by atoms with Gasteiger partial charge in [0.1, 0.15) is 25.1 Å². The summed E-state index contributed by atoms with van der Waals surface area (Å²) in [6.07, 6.45) is 0.296. The summed E-state index contributed by atoms with van der Waals surface area (Å²) in [4.78, 5) is 17.1. The lowest BCUT2D eigenvalue weighted by atomic mass is 9.94. The lowest BCUT2D eigenvalue weighted by molar-refractivity contribution is 0.0893. The van der Waals surface area contributed by atoms with Crippen LogP contribution in [0.3, 0.4) is 0 Å². The van der Waals surface area contributed by atoms with E-state index in [0.717, 1.165) is 55.2 Å². The Hall–Kier alpha value is -3.55. The van der Waals surface area contributed by atoms with Gasteiger partial charge in [-0.25, -0.2) is 0 Å². The highest BCUT2D eigenvalue weighted by Crippen LogP contribution is 2.36. The summed E-state index contributed by atoms with van der Waals surface area (Å²) in [6, 6.07) is 21.5. The van der Waals surface area contributed by atoms with Gasteiger partial charge in [-0.05, 0) is 41.9 Å². The SMILES string of the molecule is CN1CCN(Cc2cccc(C(N)=O)c2C[C@@H]2COc3ccc(OCc4ccccc4)cc3O2)CC1. The molecule has 0 aliphatic carbocycles. The number of likely N-dealkylation sites (N-methyl/N-ethyl adjacent to an activating group) is 1. The maximum Gasteiger partial charge on any atom is 0.248 e. The fourth-order valence-corrected chi connectivity index (χ4v) is 4.76. The van der Waals surface area contributed by atoms with Gasteiger partial charge in [0, 0.05) is 50.8 Å². The molecule has 188 valence electrons. The normalized spacial score (nSPS) is 18.1. The van der Waals surface area contributed by atoms with Crippen molar-refractivity contribution in [1.29, 1.82) is 0 Å². The Morgan fingerprint density at radius 2 is 1.81 bits per heavy atom. The Balaban J connectivity index is 1.30. The number of nitrogens with zero attached hydrogens (tertiary/aromatic N) is 2. The molecule has 2 aliphatic heterocycles. The van der Waals surface area contributed by atoms with E-state index in [4.69, 9.17) is 19.9 Å². The maximum absolute atomic E-state index is 12.3. The van der Waals surface area contributed by atoms with E-state index in [0.29, 0.717) is 36.7 Å². The molecule has 2 aliphatic rings. The summed E-state index contributed by atoms with van der Waals surface area (Å²) < 4.78 is 18.3. The molecule has 1 atom stereocenters. The van der Waals surface area contributed by atoms with Gasteiger partial charge in [0.15, 0.2) is 11.5 Å². The summed E-state index contributed by atoms with van der Waals surface area (Å²) in [5.41, 5.74) is 9.48. The summed E-state index contributed by atoms with van der Waals surface area (Å²) >= 11 is 0. The Morgan fingerprint density at radius 3 is 2.58 bits per heavy atom. The molecule has 3 aromatic rings. The molecule has 3 aromatic carbocycles. The van der Waals surface area contributed by atoms with E-state index in [1.165, 1.54) is 0 Å². The number of rotatable bonds is 8. The van der Waals surface area contributed by atoms with E-state index < -0.39 is 5.91 Å². The second-order valence-corrected chi connectivity index (χ2v) is 9.52. The van der Waals surface area contributed by atoms with Gasteiger partial charge in [-0.2, -0.15) is 0 Å². The fraction of sp³-hybridized carbons (Fsp3) is 0.345. The molecule has 0 unspecified atom stereocenters. The zero-order valence-corrected chi connectivity index (χ0v) is 20.7. The molecule has 5 rings (SSSR count). The number of nitrogens with two attached hydrogens (primary N) is 1. The quantitative estimate of drug-likeness (QED) is 0.524. The number of hydrogen-bond donors (Lipinski definition) is 1. The van der Waals surface area contributed by atoms with E-state index in [-0.39, 0.29) is 6.10 Å². The Kier molecular flexibility index (Phi) is 7.39. The number of fused-ring (bicyclic) bond motifs is 1. The first-order valence-electron chi connectivity index (χ1n) is 12.5. The van der Waals surface area contributed by atoms with Crippen molar-refractivity contribution in [3.63, 3.8) is 0 Å². The largest absolute Gasteiger partial charge is 0.489 e. The van der Waals surface area contributed by atoms with Crippen LogP contribution in [0.5, 0.6) is 17.2 Å². The van der Waals surface area contributed by atoms with Gasteiger partial charge in [0.2, 0.25) is 5.91 Å². The Morgan fingerprint density at radius 1 is 1.00 bits per heavy atom. The summed E-state index contributed by atoms with van der Waals surface area (Å²) in [5.74, 6) is 1.64. The number of amides is 1. The Bertz CT molecular complexity index is 1190. The molecule has 1 saturated heterocycles. The molecule has 2 N–H and O–H groups in total. The minimum absolute atomic E-state index is 0.242. The van der Waals surface area contributed by atoms with E-state index >= 15 is 0 Å². The average molecular weight is 488 g/mol. The summed E-state index contributed by atoms with van der Waals surface area (Å²) in [7, 11) is 2.15. The Labute approximate surface area is 212 Å². The molecule has 2 heterocycles. The first-order valence-corrected chi connectivity index (χ1v) is 12.5. The van der Waals surface area contributed by atoms with Crippen molar-refractivity contribution in [2.24, 2.45) is 5.73 Å². The van der Waals surface area contributed by atoms with E-state index in [1.807, 2.05) is 54.6 Å². The highest BCUT2D eigenvalue weighted by Gasteiger charge is 2.26. The fourth-order valence-electron chi connectivity index (χ4n) is 4.76. The molecule has 1 fully saturated rings. The molecule has 1 amide bonds. The molecular weight excluding hydrogens is 454 g/mol. The molecule has 0 bridgehead atoms. The smallest absolute Gasteiger partial charge is 0.248 e. The molecule has 0 radical (unpaired) electrons. The van der Waals surface area contributed by atoms with Gasteiger partial charge in [-0.3, -0.25) is 9.69 Å². The maximum atomic E-state index is 12.3. The van der Waals surface area contributed by atoms with Gasteiger partial charge in [0.25, 0.3) is 0 Å². The second-order valence-electron chi connectivity index (χ2n) is 9.52. The van der Waals surface area contributed by atoms with Gasteiger partial charge < -0.3 is 24.8 Å². The zero-order valence-electron chi connectivity index (χ0n) is 20.7. The van der Waals surface area contributed by atoms with Gasteiger partial charge in [0.05, 0.1) is 0 Å². The highest BCUT2D eigenvalue weighted by atomic mass is 16.6. The van der Waals surface area contributed by atoms with Crippen LogP contribution < -0.4 is 19.9 Å². The third kappa shape index (κ3) is 5.80. The first kappa shape index (κ1) is 24.2. The van der Waals surface area contributed by atoms with Gasteiger partial charge in [-0.1, -0.05) is 42.5 Å². The van der Waals surface area contributed by atoms with Crippen LogP contribution in [0.2, 0.25) is 0 Å². The standard InChI is InChI=1S/C29H33N3O4/c1-31-12-14-32(15-13-31)18-22-8-5-9-25(29(30)33)26(22)16-24-20-35-27-11-10-23(17-28(27)36-24)34-19-21-6-3-2-4-7-21/h2-11,17,24H,12-16,18-20H2,1H3,(H2,30,33)/t24-/m1/s1. The van der Waals surface area contributed by atoms with E-state index in [2.05, 4.69) is 22.9 Å². The number of carbonyl (C=O) groups is 1. The van der Waals surface area contributed by atoms with Crippen LogP contribution in [0.4, 0.5) is 0 Å². The van der Waals surface area contributed by atoms with Gasteiger partial charge in [-0.15, -0.1) is 0 Å².